The van der Waals surface area contributed by atoms with Gasteiger partial charge in [-0.05, 0) is 63.2 Å². The molecule has 7 heteroatoms. The number of hydrazine groups is 1. The lowest BCUT2D eigenvalue weighted by Crippen LogP contribution is -2.47. The van der Waals surface area contributed by atoms with Crippen molar-refractivity contribution in [3.8, 4) is 11.1 Å². The second-order valence-electron chi connectivity index (χ2n) is 6.02. The average Bonchev–Trinajstić information content (AvgIpc) is 3.07. The minimum Gasteiger partial charge on any atom is -0.361 e. The van der Waals surface area contributed by atoms with Gasteiger partial charge in [-0.2, -0.15) is 0 Å². The molecule has 2 aromatic rings. The molecule has 0 atom stereocenters. The fraction of sp³-hybridized carbons (Fsp3) is 0.333. The molecule has 1 amide bonds. The van der Waals surface area contributed by atoms with E-state index in [-0.39, 0.29) is 5.91 Å². The Hall–Kier alpha value is -1.96. The molecule has 2 rings (SSSR count). The van der Waals surface area contributed by atoms with Gasteiger partial charge in [0.2, 0.25) is 0 Å². The predicted octanol–water partition coefficient (Wildman–Crippen LogP) is 2.78. The quantitative estimate of drug-likeness (QED) is 0.411. The number of carbonyl (C=O) groups is 1. The Bertz CT molecular complexity index is 710. The number of benzene rings is 1. The number of nitrogens with zero attached hydrogens (tertiary/aromatic N) is 1. The Morgan fingerprint density at radius 2 is 1.88 bits per heavy atom. The summed E-state index contributed by atoms with van der Waals surface area (Å²) < 4.78 is 0. The van der Waals surface area contributed by atoms with Crippen LogP contribution in [0.15, 0.2) is 35.7 Å². The zero-order valence-electron chi connectivity index (χ0n) is 14.8. The minimum absolute atomic E-state index is 0.192. The van der Waals surface area contributed by atoms with E-state index in [1.54, 1.807) is 0 Å². The maximum absolute atomic E-state index is 12.4. The van der Waals surface area contributed by atoms with Crippen LogP contribution >= 0.6 is 23.6 Å². The third-order valence-corrected chi connectivity index (χ3v) is 4.75. The molecular weight excluding hydrogens is 352 g/mol. The van der Waals surface area contributed by atoms with E-state index in [0.29, 0.717) is 9.99 Å². The number of hydrogen-bond acceptors (Lipinski definition) is 4. The van der Waals surface area contributed by atoms with E-state index in [1.165, 1.54) is 16.9 Å². The van der Waals surface area contributed by atoms with Crippen LogP contribution in [0.25, 0.3) is 11.1 Å². The molecule has 25 heavy (non-hydrogen) atoms. The summed E-state index contributed by atoms with van der Waals surface area (Å²) in [6.07, 6.45) is 0.977. The van der Waals surface area contributed by atoms with E-state index in [4.69, 9.17) is 12.2 Å². The van der Waals surface area contributed by atoms with E-state index in [9.17, 15) is 4.79 Å². The van der Waals surface area contributed by atoms with Crippen molar-refractivity contribution < 1.29 is 4.79 Å². The van der Waals surface area contributed by atoms with Crippen molar-refractivity contribution in [1.29, 1.82) is 0 Å². The highest BCUT2D eigenvalue weighted by atomic mass is 32.1. The Kier molecular flexibility index (Phi) is 7.36. The predicted molar refractivity (Wildman–Crippen MR) is 109 cm³/mol. The number of thiocarbonyl (C=S) groups is 1. The number of carbonyl (C=O) groups excluding carboxylic acids is 1. The molecule has 0 saturated heterocycles. The van der Waals surface area contributed by atoms with Crippen LogP contribution in [0.4, 0.5) is 0 Å². The first kappa shape index (κ1) is 19.4. The number of nitrogens with one attached hydrogen (secondary N) is 3. The first-order valence-corrected chi connectivity index (χ1v) is 9.39. The zero-order chi connectivity index (χ0) is 18.2. The molecule has 0 bridgehead atoms. The Balaban J connectivity index is 1.86. The maximum Gasteiger partial charge on any atom is 0.280 e. The van der Waals surface area contributed by atoms with Gasteiger partial charge < -0.3 is 10.2 Å². The molecule has 0 aliphatic heterocycles. The summed E-state index contributed by atoms with van der Waals surface area (Å²) in [7, 11) is 4.06. The van der Waals surface area contributed by atoms with Crippen LogP contribution in [0.3, 0.4) is 0 Å². The van der Waals surface area contributed by atoms with Crippen molar-refractivity contribution in [3.63, 3.8) is 0 Å². The number of amides is 1. The molecule has 0 unspecified atom stereocenters. The summed E-state index contributed by atoms with van der Waals surface area (Å²) >= 11 is 6.59. The van der Waals surface area contributed by atoms with Gasteiger partial charge in [-0.3, -0.25) is 15.6 Å². The fourth-order valence-electron chi connectivity index (χ4n) is 2.26. The van der Waals surface area contributed by atoms with Crippen LogP contribution in [0.2, 0.25) is 0 Å². The van der Waals surface area contributed by atoms with E-state index < -0.39 is 0 Å². The highest BCUT2D eigenvalue weighted by Crippen LogP contribution is 2.28. The Labute approximate surface area is 158 Å². The van der Waals surface area contributed by atoms with Crippen LogP contribution < -0.4 is 16.2 Å². The zero-order valence-corrected chi connectivity index (χ0v) is 16.4. The van der Waals surface area contributed by atoms with E-state index >= 15 is 0 Å². The topological polar surface area (TPSA) is 56.4 Å². The van der Waals surface area contributed by atoms with Crippen molar-refractivity contribution in [3.05, 3.63) is 46.2 Å². The largest absolute Gasteiger partial charge is 0.361 e. The van der Waals surface area contributed by atoms with Crippen LogP contribution in [0.1, 0.15) is 21.7 Å². The smallest absolute Gasteiger partial charge is 0.280 e. The van der Waals surface area contributed by atoms with Gasteiger partial charge in [0.05, 0.1) is 0 Å². The first-order chi connectivity index (χ1) is 12.0. The van der Waals surface area contributed by atoms with Crippen molar-refractivity contribution in [1.82, 2.24) is 21.1 Å². The lowest BCUT2D eigenvalue weighted by molar-refractivity contribution is 0.0948. The molecule has 0 fully saturated rings. The molecule has 0 radical (unpaired) electrons. The third kappa shape index (κ3) is 6.12. The molecule has 1 aromatic heterocycles. The SMILES string of the molecule is Cc1ccc(-c2ccsc2C(=O)NNC(=S)NCCCN(C)C)cc1. The fourth-order valence-corrected chi connectivity index (χ4v) is 3.22. The molecule has 0 aliphatic rings. The Morgan fingerprint density at radius 1 is 1.16 bits per heavy atom. The second kappa shape index (κ2) is 9.50. The maximum atomic E-state index is 12.4. The summed E-state index contributed by atoms with van der Waals surface area (Å²) in [6.45, 7) is 3.78. The molecule has 1 aromatic carbocycles. The van der Waals surface area contributed by atoms with Gasteiger partial charge >= 0.3 is 0 Å². The number of hydrogen-bond donors (Lipinski definition) is 3. The number of aryl methyl sites for hydroxylation is 1. The summed E-state index contributed by atoms with van der Waals surface area (Å²) in [5.41, 5.74) is 8.57. The number of thiophene rings is 1. The van der Waals surface area contributed by atoms with Crippen molar-refractivity contribution in [2.45, 2.75) is 13.3 Å². The summed E-state index contributed by atoms with van der Waals surface area (Å²) in [4.78, 5) is 15.2. The molecule has 0 aliphatic carbocycles. The molecule has 5 nitrogen and oxygen atoms in total. The van der Waals surface area contributed by atoms with Crippen LogP contribution in [-0.4, -0.2) is 43.1 Å². The molecule has 134 valence electrons. The normalized spacial score (nSPS) is 10.6. The highest BCUT2D eigenvalue weighted by molar-refractivity contribution is 7.80. The molecular formula is C18H24N4OS2. The van der Waals surface area contributed by atoms with Crippen molar-refractivity contribution >= 4 is 34.6 Å². The van der Waals surface area contributed by atoms with Gasteiger partial charge in [-0.1, -0.05) is 29.8 Å². The van der Waals surface area contributed by atoms with Gasteiger partial charge in [0.15, 0.2) is 5.11 Å². The van der Waals surface area contributed by atoms with Gasteiger partial charge in [0, 0.05) is 12.1 Å². The summed E-state index contributed by atoms with van der Waals surface area (Å²) in [6, 6.07) is 10.1. The Morgan fingerprint density at radius 3 is 2.56 bits per heavy atom. The van der Waals surface area contributed by atoms with Crippen LogP contribution in [-0.2, 0) is 0 Å². The monoisotopic (exact) mass is 376 g/mol. The van der Waals surface area contributed by atoms with E-state index in [2.05, 4.69) is 21.1 Å². The van der Waals surface area contributed by atoms with Gasteiger partial charge in [0.25, 0.3) is 5.91 Å². The van der Waals surface area contributed by atoms with Gasteiger partial charge in [-0.15, -0.1) is 11.3 Å². The van der Waals surface area contributed by atoms with E-state index in [1.807, 2.05) is 56.7 Å². The molecule has 1 heterocycles. The second-order valence-corrected chi connectivity index (χ2v) is 7.35. The highest BCUT2D eigenvalue weighted by Gasteiger charge is 2.14. The standard InChI is InChI=1S/C18H24N4OS2/c1-13-5-7-14(8-6-13)15-9-12-25-16(15)17(23)20-21-18(24)19-10-4-11-22(2)3/h5-9,12H,4,10-11H2,1-3H3,(H,20,23)(H2,19,21,24). The molecule has 0 spiro atoms. The molecule has 0 saturated carbocycles. The molecule has 3 N–H and O–H groups in total. The summed E-state index contributed by atoms with van der Waals surface area (Å²) in [5, 5.41) is 5.41. The van der Waals surface area contributed by atoms with Gasteiger partial charge in [-0.25, -0.2) is 0 Å². The first-order valence-electron chi connectivity index (χ1n) is 8.11. The minimum atomic E-state index is -0.192. The average molecular weight is 377 g/mol. The lowest BCUT2D eigenvalue weighted by Gasteiger charge is -2.13. The van der Waals surface area contributed by atoms with Crippen molar-refractivity contribution in [2.24, 2.45) is 0 Å². The van der Waals surface area contributed by atoms with Gasteiger partial charge in [0.1, 0.15) is 4.88 Å². The van der Waals surface area contributed by atoms with Crippen LogP contribution in [0.5, 0.6) is 0 Å². The van der Waals surface area contributed by atoms with Crippen molar-refractivity contribution in [2.75, 3.05) is 27.2 Å². The van der Waals surface area contributed by atoms with E-state index in [0.717, 1.165) is 30.6 Å². The lowest BCUT2D eigenvalue weighted by atomic mass is 10.1. The summed E-state index contributed by atoms with van der Waals surface area (Å²) in [5.74, 6) is -0.192. The third-order valence-electron chi connectivity index (χ3n) is 3.59. The number of rotatable bonds is 6. The van der Waals surface area contributed by atoms with Crippen LogP contribution in [0, 0.1) is 6.92 Å².